The van der Waals surface area contributed by atoms with Crippen molar-refractivity contribution in [3.8, 4) is 11.5 Å². The van der Waals surface area contributed by atoms with Crippen LogP contribution in [0.2, 0.25) is 0 Å². The zero-order chi connectivity index (χ0) is 24.8. The second-order valence-corrected chi connectivity index (χ2v) is 9.19. The quantitative estimate of drug-likeness (QED) is 0.447. The number of rotatable bonds is 11. The number of primary amides is 1. The molecule has 4 N–H and O–H groups in total. The number of amides is 3. The predicted molar refractivity (Wildman–Crippen MR) is 133 cm³/mol. The van der Waals surface area contributed by atoms with Gasteiger partial charge in [0.15, 0.2) is 11.5 Å². The number of hydrogen-bond donors (Lipinski definition) is 3. The molecule has 1 aliphatic rings. The summed E-state index contributed by atoms with van der Waals surface area (Å²) in [6.07, 6.45) is 2.68. The normalized spacial score (nSPS) is 13.3. The molecule has 2 aromatic rings. The van der Waals surface area contributed by atoms with Crippen LogP contribution in [0.4, 0.5) is 10.7 Å². The first-order chi connectivity index (χ1) is 16.2. The number of nitrogens with zero attached hydrogens (tertiary/aromatic N) is 1. The van der Waals surface area contributed by atoms with Gasteiger partial charge in [0.1, 0.15) is 5.00 Å². The molecule has 1 aromatic heterocycles. The van der Waals surface area contributed by atoms with Gasteiger partial charge >= 0.3 is 0 Å². The number of carbonyl (C=O) groups is 3. The van der Waals surface area contributed by atoms with Gasteiger partial charge in [0.05, 0.1) is 31.4 Å². The van der Waals surface area contributed by atoms with Crippen LogP contribution < -0.4 is 25.8 Å². The lowest BCUT2D eigenvalue weighted by molar-refractivity contribution is -0.122. The van der Waals surface area contributed by atoms with Gasteiger partial charge in [0, 0.05) is 16.6 Å². The van der Waals surface area contributed by atoms with Crippen LogP contribution in [-0.4, -0.2) is 55.5 Å². The maximum Gasteiger partial charge on any atom is 0.251 e. The number of ether oxygens (including phenoxy) is 2. The number of aryl methyl sites for hydroxylation is 1. The minimum atomic E-state index is -0.609. The standard InChI is InChI=1S/C24H32N4O5S/c1-5-32-17-11-10-15(12-18(17)33-6-2)26-20(29)13-28(4)14(3)23(31)27-24-21(22(25)30)16-8-7-9-19(16)34-24/h10-12,14H,5-9,13H2,1-4H3,(H2,25,30)(H,26,29)(H,27,31). The first-order valence-electron chi connectivity index (χ1n) is 11.4. The summed E-state index contributed by atoms with van der Waals surface area (Å²) in [5.74, 6) is 0.0481. The Kier molecular flexibility index (Phi) is 8.51. The molecule has 1 heterocycles. The van der Waals surface area contributed by atoms with E-state index in [-0.39, 0.29) is 18.4 Å². The van der Waals surface area contributed by atoms with Crippen molar-refractivity contribution in [2.75, 3.05) is 37.4 Å². The lowest BCUT2D eigenvalue weighted by Crippen LogP contribution is -2.43. The second kappa shape index (κ2) is 11.3. The van der Waals surface area contributed by atoms with Gasteiger partial charge in [-0.3, -0.25) is 19.3 Å². The monoisotopic (exact) mass is 488 g/mol. The highest BCUT2D eigenvalue weighted by Gasteiger charge is 2.28. The fourth-order valence-electron chi connectivity index (χ4n) is 3.86. The number of hydrogen-bond acceptors (Lipinski definition) is 7. The van der Waals surface area contributed by atoms with Crippen molar-refractivity contribution in [2.45, 2.75) is 46.1 Å². The van der Waals surface area contributed by atoms with Crippen LogP contribution in [0.5, 0.6) is 11.5 Å². The van der Waals surface area contributed by atoms with Gasteiger partial charge in [-0.1, -0.05) is 0 Å². The molecule has 0 bridgehead atoms. The number of anilines is 2. The van der Waals surface area contributed by atoms with Crippen molar-refractivity contribution < 1.29 is 23.9 Å². The van der Waals surface area contributed by atoms with E-state index in [0.29, 0.717) is 41.0 Å². The molecule has 9 nitrogen and oxygen atoms in total. The smallest absolute Gasteiger partial charge is 0.251 e. The average Bonchev–Trinajstić information content (AvgIpc) is 3.35. The van der Waals surface area contributed by atoms with Gasteiger partial charge < -0.3 is 25.8 Å². The summed E-state index contributed by atoms with van der Waals surface area (Å²) in [7, 11) is 1.69. The minimum absolute atomic E-state index is 0.00458. The van der Waals surface area contributed by atoms with E-state index in [2.05, 4.69) is 10.6 Å². The Morgan fingerprint density at radius 3 is 2.50 bits per heavy atom. The molecule has 0 fully saturated rings. The van der Waals surface area contributed by atoms with Crippen molar-refractivity contribution >= 4 is 39.7 Å². The van der Waals surface area contributed by atoms with Crippen LogP contribution in [0, 0.1) is 0 Å². The average molecular weight is 489 g/mol. The molecule has 3 rings (SSSR count). The molecule has 0 saturated heterocycles. The number of thiophene rings is 1. The van der Waals surface area contributed by atoms with E-state index in [0.717, 1.165) is 29.7 Å². The zero-order valence-corrected chi connectivity index (χ0v) is 20.8. The molecule has 1 atom stereocenters. The Morgan fingerprint density at radius 2 is 1.82 bits per heavy atom. The van der Waals surface area contributed by atoms with Gasteiger partial charge in [-0.05, 0) is 64.8 Å². The van der Waals surface area contributed by atoms with E-state index in [1.807, 2.05) is 13.8 Å². The first kappa shape index (κ1) is 25.5. The topological polar surface area (TPSA) is 123 Å². The SMILES string of the molecule is CCOc1ccc(NC(=O)CN(C)C(C)C(=O)Nc2sc3c(c2C(N)=O)CCC3)cc1OCC. The Labute approximate surface area is 203 Å². The third-order valence-corrected chi connectivity index (χ3v) is 6.87. The summed E-state index contributed by atoms with van der Waals surface area (Å²) >= 11 is 1.41. The van der Waals surface area contributed by atoms with Gasteiger partial charge in [-0.2, -0.15) is 0 Å². The molecule has 3 amide bonds. The third-order valence-electron chi connectivity index (χ3n) is 5.67. The lowest BCUT2D eigenvalue weighted by atomic mass is 10.1. The first-order valence-corrected chi connectivity index (χ1v) is 12.2. The van der Waals surface area contributed by atoms with Crippen LogP contribution >= 0.6 is 11.3 Å². The Bertz CT molecular complexity index is 1070. The molecular weight excluding hydrogens is 456 g/mol. The fourth-order valence-corrected chi connectivity index (χ4v) is 5.16. The zero-order valence-electron chi connectivity index (χ0n) is 20.0. The number of benzene rings is 1. The number of likely N-dealkylation sites (N-methyl/N-ethyl adjacent to an activating group) is 1. The maximum absolute atomic E-state index is 12.9. The van der Waals surface area contributed by atoms with Gasteiger partial charge in [0.2, 0.25) is 11.8 Å². The third kappa shape index (κ3) is 5.87. The molecule has 1 unspecified atom stereocenters. The Morgan fingerprint density at radius 1 is 1.12 bits per heavy atom. The molecule has 0 saturated carbocycles. The number of carbonyl (C=O) groups excluding carboxylic acids is 3. The highest BCUT2D eigenvalue weighted by atomic mass is 32.1. The highest BCUT2D eigenvalue weighted by Crippen LogP contribution is 2.39. The summed E-state index contributed by atoms with van der Waals surface area (Å²) in [5, 5.41) is 6.16. The van der Waals surface area contributed by atoms with Gasteiger partial charge in [-0.25, -0.2) is 0 Å². The molecule has 10 heteroatoms. The van der Waals surface area contributed by atoms with Crippen LogP contribution in [0.25, 0.3) is 0 Å². The molecule has 1 aromatic carbocycles. The summed E-state index contributed by atoms with van der Waals surface area (Å²) in [4.78, 5) is 40.2. The van der Waals surface area contributed by atoms with Crippen molar-refractivity contribution in [2.24, 2.45) is 5.73 Å². The van der Waals surface area contributed by atoms with Crippen LogP contribution in [0.3, 0.4) is 0 Å². The second-order valence-electron chi connectivity index (χ2n) is 8.08. The largest absolute Gasteiger partial charge is 0.490 e. The van der Waals surface area contributed by atoms with Gasteiger partial charge in [0.25, 0.3) is 5.91 Å². The van der Waals surface area contributed by atoms with E-state index >= 15 is 0 Å². The van der Waals surface area contributed by atoms with E-state index in [1.54, 1.807) is 37.1 Å². The minimum Gasteiger partial charge on any atom is -0.490 e. The maximum atomic E-state index is 12.9. The molecule has 184 valence electrons. The number of fused-ring (bicyclic) bond motifs is 1. The Hall–Kier alpha value is -3.11. The predicted octanol–water partition coefficient (Wildman–Crippen LogP) is 3.03. The molecule has 1 aliphatic carbocycles. The van der Waals surface area contributed by atoms with E-state index in [9.17, 15) is 14.4 Å². The van der Waals surface area contributed by atoms with Crippen molar-refractivity contribution in [3.63, 3.8) is 0 Å². The van der Waals surface area contributed by atoms with Crippen molar-refractivity contribution in [1.82, 2.24) is 4.90 Å². The van der Waals surface area contributed by atoms with Gasteiger partial charge in [-0.15, -0.1) is 11.3 Å². The van der Waals surface area contributed by atoms with E-state index in [4.69, 9.17) is 15.2 Å². The molecule has 0 aliphatic heterocycles. The summed E-state index contributed by atoms with van der Waals surface area (Å²) in [5.41, 5.74) is 7.52. The molecular formula is C24H32N4O5S. The van der Waals surface area contributed by atoms with Crippen LogP contribution in [-0.2, 0) is 22.4 Å². The van der Waals surface area contributed by atoms with E-state index in [1.165, 1.54) is 11.3 Å². The summed E-state index contributed by atoms with van der Waals surface area (Å²) in [6.45, 7) is 6.44. The molecule has 34 heavy (non-hydrogen) atoms. The highest BCUT2D eigenvalue weighted by molar-refractivity contribution is 7.17. The van der Waals surface area contributed by atoms with Crippen molar-refractivity contribution in [3.05, 3.63) is 34.2 Å². The number of nitrogens with two attached hydrogens (primary N) is 1. The summed E-state index contributed by atoms with van der Waals surface area (Å²) in [6, 6.07) is 4.59. The molecule has 0 spiro atoms. The lowest BCUT2D eigenvalue weighted by Gasteiger charge is -2.23. The molecule has 0 radical (unpaired) electrons. The van der Waals surface area contributed by atoms with E-state index < -0.39 is 11.9 Å². The Balaban J connectivity index is 1.60. The number of nitrogens with one attached hydrogen (secondary N) is 2. The summed E-state index contributed by atoms with van der Waals surface area (Å²) < 4.78 is 11.1. The van der Waals surface area contributed by atoms with Crippen molar-refractivity contribution in [1.29, 1.82) is 0 Å². The van der Waals surface area contributed by atoms with Crippen LogP contribution in [0.15, 0.2) is 18.2 Å². The van der Waals surface area contributed by atoms with Crippen LogP contribution in [0.1, 0.15) is 48.0 Å². The fraction of sp³-hybridized carbons (Fsp3) is 0.458.